The number of fused-ring (bicyclic) bond motifs is 1. The Morgan fingerprint density at radius 2 is 2.05 bits per heavy atom. The van der Waals surface area contributed by atoms with Gasteiger partial charge in [0, 0.05) is 42.6 Å². The standard InChI is InChI=1S/C16H17N3/c1-12-6-13(9-18-8-12)10-19-11-14(7-17)15-4-2-3-5-16(15)19/h2-6,8-9,11H,7,10,17H2,1H3. The Kier molecular flexibility index (Phi) is 3.05. The van der Waals surface area contributed by atoms with Crippen LogP contribution in [0.1, 0.15) is 16.7 Å². The summed E-state index contributed by atoms with van der Waals surface area (Å²) >= 11 is 0. The number of hydrogen-bond acceptors (Lipinski definition) is 2. The highest BCUT2D eigenvalue weighted by atomic mass is 15.0. The van der Waals surface area contributed by atoms with Gasteiger partial charge in [0.2, 0.25) is 0 Å². The monoisotopic (exact) mass is 251 g/mol. The minimum absolute atomic E-state index is 0.569. The van der Waals surface area contributed by atoms with Crippen LogP contribution in [-0.4, -0.2) is 9.55 Å². The van der Waals surface area contributed by atoms with Crippen LogP contribution in [0, 0.1) is 6.92 Å². The zero-order valence-corrected chi connectivity index (χ0v) is 11.0. The van der Waals surface area contributed by atoms with E-state index in [0.717, 1.165) is 6.54 Å². The van der Waals surface area contributed by atoms with Crippen molar-refractivity contribution in [3.63, 3.8) is 0 Å². The fourth-order valence-corrected chi connectivity index (χ4v) is 2.52. The van der Waals surface area contributed by atoms with E-state index in [9.17, 15) is 0 Å². The first-order valence-electron chi connectivity index (χ1n) is 6.45. The van der Waals surface area contributed by atoms with Crippen molar-refractivity contribution in [1.82, 2.24) is 9.55 Å². The molecule has 0 saturated heterocycles. The molecule has 19 heavy (non-hydrogen) atoms. The second-order valence-corrected chi connectivity index (χ2v) is 4.87. The van der Waals surface area contributed by atoms with Crippen LogP contribution in [0.3, 0.4) is 0 Å². The van der Waals surface area contributed by atoms with Gasteiger partial charge in [0.15, 0.2) is 0 Å². The Labute approximate surface area is 112 Å². The van der Waals surface area contributed by atoms with Gasteiger partial charge in [0.1, 0.15) is 0 Å². The maximum absolute atomic E-state index is 5.82. The number of benzene rings is 1. The Morgan fingerprint density at radius 3 is 2.84 bits per heavy atom. The Hall–Kier alpha value is -2.13. The lowest BCUT2D eigenvalue weighted by atomic mass is 10.2. The molecule has 0 atom stereocenters. The van der Waals surface area contributed by atoms with Gasteiger partial charge in [-0.3, -0.25) is 4.98 Å². The number of rotatable bonds is 3. The predicted molar refractivity (Wildman–Crippen MR) is 77.9 cm³/mol. The Bertz CT molecular complexity index is 713. The maximum Gasteiger partial charge on any atom is 0.0491 e. The first-order chi connectivity index (χ1) is 9.28. The molecular formula is C16H17N3. The molecule has 3 heteroatoms. The third kappa shape index (κ3) is 2.25. The molecule has 3 rings (SSSR count). The molecule has 2 N–H and O–H groups in total. The van der Waals surface area contributed by atoms with E-state index in [0.29, 0.717) is 6.54 Å². The fourth-order valence-electron chi connectivity index (χ4n) is 2.52. The average molecular weight is 251 g/mol. The van der Waals surface area contributed by atoms with Gasteiger partial charge in [-0.2, -0.15) is 0 Å². The van der Waals surface area contributed by atoms with E-state index >= 15 is 0 Å². The van der Waals surface area contributed by atoms with Gasteiger partial charge in [-0.05, 0) is 29.7 Å². The molecular weight excluding hydrogens is 234 g/mol. The van der Waals surface area contributed by atoms with Crippen LogP contribution in [0.4, 0.5) is 0 Å². The largest absolute Gasteiger partial charge is 0.343 e. The molecule has 96 valence electrons. The van der Waals surface area contributed by atoms with Gasteiger partial charge in [0.05, 0.1) is 0 Å². The van der Waals surface area contributed by atoms with E-state index < -0.39 is 0 Å². The molecule has 0 fully saturated rings. The van der Waals surface area contributed by atoms with E-state index in [1.807, 2.05) is 12.4 Å². The van der Waals surface area contributed by atoms with Crippen molar-refractivity contribution in [2.75, 3.05) is 0 Å². The van der Waals surface area contributed by atoms with Crippen molar-refractivity contribution in [3.05, 3.63) is 65.6 Å². The molecule has 2 heterocycles. The van der Waals surface area contributed by atoms with Crippen LogP contribution in [0.5, 0.6) is 0 Å². The summed E-state index contributed by atoms with van der Waals surface area (Å²) in [6.07, 6.45) is 5.94. The summed E-state index contributed by atoms with van der Waals surface area (Å²) in [6, 6.07) is 10.6. The lowest BCUT2D eigenvalue weighted by molar-refractivity contribution is 0.823. The summed E-state index contributed by atoms with van der Waals surface area (Å²) in [4.78, 5) is 4.25. The smallest absolute Gasteiger partial charge is 0.0491 e. The van der Waals surface area contributed by atoms with Gasteiger partial charge in [-0.25, -0.2) is 0 Å². The van der Waals surface area contributed by atoms with Crippen molar-refractivity contribution < 1.29 is 0 Å². The zero-order valence-electron chi connectivity index (χ0n) is 11.0. The number of pyridine rings is 1. The highest BCUT2D eigenvalue weighted by Gasteiger charge is 2.07. The van der Waals surface area contributed by atoms with Crippen LogP contribution in [0.2, 0.25) is 0 Å². The van der Waals surface area contributed by atoms with E-state index in [2.05, 4.69) is 53.0 Å². The van der Waals surface area contributed by atoms with Gasteiger partial charge in [-0.1, -0.05) is 24.3 Å². The number of aromatic nitrogens is 2. The van der Waals surface area contributed by atoms with Crippen LogP contribution in [-0.2, 0) is 13.1 Å². The number of aryl methyl sites for hydroxylation is 1. The van der Waals surface area contributed by atoms with Gasteiger partial charge in [0.25, 0.3) is 0 Å². The molecule has 0 spiro atoms. The summed E-state index contributed by atoms with van der Waals surface area (Å²) in [5, 5.41) is 1.24. The Morgan fingerprint density at radius 1 is 1.21 bits per heavy atom. The molecule has 2 aromatic heterocycles. The maximum atomic E-state index is 5.82. The molecule has 0 amide bonds. The summed E-state index contributed by atoms with van der Waals surface area (Å²) in [6.45, 7) is 3.46. The molecule has 0 aliphatic heterocycles. The summed E-state index contributed by atoms with van der Waals surface area (Å²) < 4.78 is 2.24. The third-order valence-electron chi connectivity index (χ3n) is 3.38. The number of hydrogen-bond donors (Lipinski definition) is 1. The van der Waals surface area contributed by atoms with Crippen molar-refractivity contribution >= 4 is 10.9 Å². The average Bonchev–Trinajstić information content (AvgIpc) is 2.77. The van der Waals surface area contributed by atoms with Crippen LogP contribution in [0.15, 0.2) is 48.9 Å². The first-order valence-corrected chi connectivity index (χ1v) is 6.45. The van der Waals surface area contributed by atoms with E-state index in [4.69, 9.17) is 5.73 Å². The minimum Gasteiger partial charge on any atom is -0.343 e. The van der Waals surface area contributed by atoms with Crippen molar-refractivity contribution in [2.24, 2.45) is 5.73 Å². The summed E-state index contributed by atoms with van der Waals surface area (Å²) in [5.74, 6) is 0. The van der Waals surface area contributed by atoms with Crippen LogP contribution < -0.4 is 5.73 Å². The number of para-hydroxylation sites is 1. The van der Waals surface area contributed by atoms with Crippen LogP contribution >= 0.6 is 0 Å². The highest BCUT2D eigenvalue weighted by Crippen LogP contribution is 2.22. The van der Waals surface area contributed by atoms with Gasteiger partial charge >= 0.3 is 0 Å². The van der Waals surface area contributed by atoms with Gasteiger partial charge < -0.3 is 10.3 Å². The normalized spacial score (nSPS) is 11.1. The Balaban J connectivity index is 2.06. The SMILES string of the molecule is Cc1cncc(Cn2cc(CN)c3ccccc32)c1. The quantitative estimate of drug-likeness (QED) is 0.778. The van der Waals surface area contributed by atoms with Crippen molar-refractivity contribution in [2.45, 2.75) is 20.0 Å². The van der Waals surface area contributed by atoms with Crippen LogP contribution in [0.25, 0.3) is 10.9 Å². The van der Waals surface area contributed by atoms with E-state index in [-0.39, 0.29) is 0 Å². The van der Waals surface area contributed by atoms with E-state index in [1.54, 1.807) is 0 Å². The fraction of sp³-hybridized carbons (Fsp3) is 0.188. The molecule has 0 aliphatic rings. The first kappa shape index (κ1) is 11.9. The molecule has 3 aromatic rings. The highest BCUT2D eigenvalue weighted by molar-refractivity contribution is 5.84. The molecule has 3 nitrogen and oxygen atoms in total. The lowest BCUT2D eigenvalue weighted by Crippen LogP contribution is -1.99. The second kappa shape index (κ2) is 4.86. The molecule has 0 bridgehead atoms. The zero-order chi connectivity index (χ0) is 13.2. The molecule has 1 aromatic carbocycles. The van der Waals surface area contributed by atoms with Gasteiger partial charge in [-0.15, -0.1) is 0 Å². The topological polar surface area (TPSA) is 43.8 Å². The van der Waals surface area contributed by atoms with Crippen molar-refractivity contribution in [3.8, 4) is 0 Å². The predicted octanol–water partition coefficient (Wildman–Crippen LogP) is 2.85. The molecule has 0 unspecified atom stereocenters. The van der Waals surface area contributed by atoms with E-state index in [1.165, 1.54) is 27.6 Å². The second-order valence-electron chi connectivity index (χ2n) is 4.87. The number of nitrogens with two attached hydrogens (primary N) is 1. The summed E-state index contributed by atoms with van der Waals surface area (Å²) in [7, 11) is 0. The number of nitrogens with zero attached hydrogens (tertiary/aromatic N) is 2. The minimum atomic E-state index is 0.569. The lowest BCUT2D eigenvalue weighted by Gasteiger charge is -2.05. The molecule has 0 saturated carbocycles. The third-order valence-corrected chi connectivity index (χ3v) is 3.38. The molecule has 0 radical (unpaired) electrons. The summed E-state index contributed by atoms with van der Waals surface area (Å²) in [5.41, 5.74) is 10.6. The van der Waals surface area contributed by atoms with Crippen molar-refractivity contribution in [1.29, 1.82) is 0 Å². The molecule has 0 aliphatic carbocycles.